The summed E-state index contributed by atoms with van der Waals surface area (Å²) >= 11 is 0. The van der Waals surface area contributed by atoms with Gasteiger partial charge in [0.15, 0.2) is 0 Å². The molecule has 2 amide bonds. The van der Waals surface area contributed by atoms with Crippen LogP contribution in [0.2, 0.25) is 0 Å². The first-order chi connectivity index (χ1) is 15.9. The molecule has 4 rings (SSSR count). The number of pyridine rings is 1. The standard InChI is InChI=1S/C28H31N3O2/c1-19-8-12-22(13-9-19)23-14-24(27(32)30-18-21-11-10-20(2)29-17-21)16-25(15-23)28(33)31(3)26-6-4-5-7-26/h8-17,26H,4-7,18H2,1-3H3,(H,30,32). The smallest absolute Gasteiger partial charge is 0.253 e. The first-order valence-electron chi connectivity index (χ1n) is 11.6. The van der Waals surface area contributed by atoms with Gasteiger partial charge in [-0.25, -0.2) is 0 Å². The minimum atomic E-state index is -0.206. The van der Waals surface area contributed by atoms with E-state index in [0.29, 0.717) is 17.7 Å². The third-order valence-corrected chi connectivity index (χ3v) is 6.45. The van der Waals surface area contributed by atoms with Crippen molar-refractivity contribution >= 4 is 11.8 Å². The van der Waals surface area contributed by atoms with Crippen molar-refractivity contribution < 1.29 is 9.59 Å². The lowest BCUT2D eigenvalue weighted by Gasteiger charge is -2.25. The number of nitrogens with zero attached hydrogens (tertiary/aromatic N) is 2. The zero-order chi connectivity index (χ0) is 23.4. The molecule has 1 aliphatic carbocycles. The first kappa shape index (κ1) is 22.7. The zero-order valence-electron chi connectivity index (χ0n) is 19.6. The number of benzene rings is 2. The molecule has 1 heterocycles. The van der Waals surface area contributed by atoms with Crippen molar-refractivity contribution in [3.63, 3.8) is 0 Å². The third-order valence-electron chi connectivity index (χ3n) is 6.45. The van der Waals surface area contributed by atoms with E-state index in [1.165, 1.54) is 0 Å². The molecule has 1 aromatic heterocycles. The molecule has 0 spiro atoms. The number of aryl methyl sites for hydroxylation is 2. The van der Waals surface area contributed by atoms with Crippen molar-refractivity contribution in [2.45, 2.75) is 52.1 Å². The molecule has 1 aliphatic rings. The minimum Gasteiger partial charge on any atom is -0.348 e. The molecule has 33 heavy (non-hydrogen) atoms. The van der Waals surface area contributed by atoms with Gasteiger partial charge in [0.1, 0.15) is 0 Å². The lowest BCUT2D eigenvalue weighted by atomic mass is 9.97. The van der Waals surface area contributed by atoms with Gasteiger partial charge in [-0.15, -0.1) is 0 Å². The van der Waals surface area contributed by atoms with Crippen LogP contribution in [0.4, 0.5) is 0 Å². The van der Waals surface area contributed by atoms with Gasteiger partial charge >= 0.3 is 0 Å². The molecule has 0 unspecified atom stereocenters. The second kappa shape index (κ2) is 9.99. The molecular formula is C28H31N3O2. The van der Waals surface area contributed by atoms with E-state index in [2.05, 4.69) is 10.3 Å². The number of hydrogen-bond donors (Lipinski definition) is 1. The average molecular weight is 442 g/mol. The Morgan fingerprint density at radius 3 is 2.30 bits per heavy atom. The van der Waals surface area contributed by atoms with E-state index in [1.807, 2.05) is 74.3 Å². The summed E-state index contributed by atoms with van der Waals surface area (Å²) in [4.78, 5) is 32.5. The summed E-state index contributed by atoms with van der Waals surface area (Å²) in [5.74, 6) is -0.241. The first-order valence-corrected chi connectivity index (χ1v) is 11.6. The molecule has 5 heteroatoms. The van der Waals surface area contributed by atoms with Crippen LogP contribution in [0.3, 0.4) is 0 Å². The van der Waals surface area contributed by atoms with Crippen molar-refractivity contribution in [2.75, 3.05) is 7.05 Å². The van der Waals surface area contributed by atoms with Crippen LogP contribution in [0.25, 0.3) is 11.1 Å². The van der Waals surface area contributed by atoms with Crippen molar-refractivity contribution in [3.8, 4) is 11.1 Å². The second-order valence-electron chi connectivity index (χ2n) is 9.01. The maximum atomic E-state index is 13.3. The summed E-state index contributed by atoms with van der Waals surface area (Å²) in [6, 6.07) is 17.8. The Bertz CT molecular complexity index is 1130. The number of carbonyl (C=O) groups excluding carboxylic acids is 2. The van der Waals surface area contributed by atoms with Crippen LogP contribution in [0.1, 0.15) is 63.2 Å². The fraction of sp³-hybridized carbons (Fsp3) is 0.321. The average Bonchev–Trinajstić information content (AvgIpc) is 3.38. The highest BCUT2D eigenvalue weighted by molar-refractivity contribution is 6.01. The van der Waals surface area contributed by atoms with E-state index in [-0.39, 0.29) is 17.9 Å². The Hall–Kier alpha value is -3.47. The number of aromatic nitrogens is 1. The summed E-state index contributed by atoms with van der Waals surface area (Å²) in [5, 5.41) is 2.97. The van der Waals surface area contributed by atoms with Gasteiger partial charge in [-0.2, -0.15) is 0 Å². The third kappa shape index (κ3) is 5.48. The number of rotatable bonds is 6. The van der Waals surface area contributed by atoms with E-state index in [9.17, 15) is 9.59 Å². The van der Waals surface area contributed by atoms with Crippen molar-refractivity contribution in [3.05, 3.63) is 88.7 Å². The topological polar surface area (TPSA) is 62.3 Å². The number of carbonyl (C=O) groups is 2. The van der Waals surface area contributed by atoms with Crippen molar-refractivity contribution in [1.82, 2.24) is 15.2 Å². The lowest BCUT2D eigenvalue weighted by Crippen LogP contribution is -2.35. The van der Waals surface area contributed by atoms with Crippen LogP contribution in [-0.4, -0.2) is 34.8 Å². The molecule has 2 aromatic carbocycles. The SMILES string of the molecule is Cc1ccc(-c2cc(C(=O)NCc3ccc(C)nc3)cc(C(=O)N(C)C3CCCC3)c2)cc1. The highest BCUT2D eigenvalue weighted by Gasteiger charge is 2.25. The number of nitrogens with one attached hydrogen (secondary N) is 1. The van der Waals surface area contributed by atoms with Crippen molar-refractivity contribution in [1.29, 1.82) is 0 Å². The molecule has 5 nitrogen and oxygen atoms in total. The van der Waals surface area contributed by atoms with Gasteiger partial charge in [0.05, 0.1) is 0 Å². The summed E-state index contributed by atoms with van der Waals surface area (Å²) in [6.07, 6.45) is 6.17. The van der Waals surface area contributed by atoms with E-state index in [0.717, 1.165) is 53.6 Å². The van der Waals surface area contributed by atoms with Gasteiger partial charge in [-0.1, -0.05) is 48.7 Å². The predicted molar refractivity (Wildman–Crippen MR) is 131 cm³/mol. The Labute approximate surface area is 195 Å². The predicted octanol–water partition coefficient (Wildman–Crippen LogP) is 5.31. The molecule has 1 saturated carbocycles. The van der Waals surface area contributed by atoms with Gasteiger partial charge in [0, 0.05) is 42.7 Å². The largest absolute Gasteiger partial charge is 0.348 e. The molecular weight excluding hydrogens is 410 g/mol. The highest BCUT2D eigenvalue weighted by Crippen LogP contribution is 2.27. The maximum Gasteiger partial charge on any atom is 0.253 e. The normalized spacial score (nSPS) is 13.7. The molecule has 0 atom stereocenters. The Balaban J connectivity index is 1.63. The molecule has 0 radical (unpaired) electrons. The summed E-state index contributed by atoms with van der Waals surface area (Å²) in [5.41, 5.74) is 5.90. The van der Waals surface area contributed by atoms with Gasteiger partial charge in [0.25, 0.3) is 11.8 Å². The van der Waals surface area contributed by atoms with E-state index < -0.39 is 0 Å². The fourth-order valence-electron chi connectivity index (χ4n) is 4.34. The molecule has 1 fully saturated rings. The van der Waals surface area contributed by atoms with Gasteiger partial charge in [0.2, 0.25) is 0 Å². The van der Waals surface area contributed by atoms with Crippen molar-refractivity contribution in [2.24, 2.45) is 0 Å². The Kier molecular flexibility index (Phi) is 6.87. The number of hydrogen-bond acceptors (Lipinski definition) is 3. The monoisotopic (exact) mass is 441 g/mol. The zero-order valence-corrected chi connectivity index (χ0v) is 19.6. The van der Waals surface area contributed by atoms with E-state index >= 15 is 0 Å². The van der Waals surface area contributed by atoms with E-state index in [4.69, 9.17) is 0 Å². The summed E-state index contributed by atoms with van der Waals surface area (Å²) in [7, 11) is 1.88. The van der Waals surface area contributed by atoms with Crippen LogP contribution in [-0.2, 0) is 6.54 Å². The second-order valence-corrected chi connectivity index (χ2v) is 9.01. The molecule has 0 aliphatic heterocycles. The molecule has 1 N–H and O–H groups in total. The van der Waals surface area contributed by atoms with Crippen LogP contribution >= 0.6 is 0 Å². The molecule has 0 saturated heterocycles. The van der Waals surface area contributed by atoms with E-state index in [1.54, 1.807) is 12.3 Å². The fourth-order valence-corrected chi connectivity index (χ4v) is 4.34. The summed E-state index contributed by atoms with van der Waals surface area (Å²) in [6.45, 7) is 4.35. The van der Waals surface area contributed by atoms with Gasteiger partial charge in [-0.3, -0.25) is 14.6 Å². The molecule has 170 valence electrons. The van der Waals surface area contributed by atoms with Crippen LogP contribution < -0.4 is 5.32 Å². The Morgan fingerprint density at radius 1 is 0.939 bits per heavy atom. The van der Waals surface area contributed by atoms with Crippen LogP contribution in [0, 0.1) is 13.8 Å². The van der Waals surface area contributed by atoms with Gasteiger partial charge in [-0.05, 0) is 67.6 Å². The molecule has 0 bridgehead atoms. The quantitative estimate of drug-likeness (QED) is 0.564. The van der Waals surface area contributed by atoms with Crippen LogP contribution in [0.15, 0.2) is 60.8 Å². The Morgan fingerprint density at radius 2 is 1.64 bits per heavy atom. The maximum absolute atomic E-state index is 13.3. The lowest BCUT2D eigenvalue weighted by molar-refractivity contribution is 0.0735. The molecule has 3 aromatic rings. The van der Waals surface area contributed by atoms with Gasteiger partial charge < -0.3 is 10.2 Å². The van der Waals surface area contributed by atoms with Crippen LogP contribution in [0.5, 0.6) is 0 Å². The summed E-state index contributed by atoms with van der Waals surface area (Å²) < 4.78 is 0. The minimum absolute atomic E-state index is 0.0346. The number of amides is 2. The highest BCUT2D eigenvalue weighted by atomic mass is 16.2.